The van der Waals surface area contributed by atoms with Crippen molar-refractivity contribution in [3.05, 3.63) is 52.4 Å². The third kappa shape index (κ3) is 2.07. The SMILES string of the molecule is Cc1ccc2nc(CCl)n(-c3cccc(Cl)c3C)c2n1. The van der Waals surface area contributed by atoms with Gasteiger partial charge in [-0.3, -0.25) is 4.57 Å². The maximum absolute atomic E-state index is 6.22. The predicted octanol–water partition coefficient (Wildman–Crippen LogP) is 4.43. The topological polar surface area (TPSA) is 30.7 Å². The van der Waals surface area contributed by atoms with Crippen LogP contribution >= 0.6 is 23.2 Å². The van der Waals surface area contributed by atoms with Crippen LogP contribution < -0.4 is 0 Å². The second kappa shape index (κ2) is 5.08. The van der Waals surface area contributed by atoms with Gasteiger partial charge in [0.2, 0.25) is 0 Å². The van der Waals surface area contributed by atoms with Gasteiger partial charge >= 0.3 is 0 Å². The molecule has 0 saturated heterocycles. The summed E-state index contributed by atoms with van der Waals surface area (Å²) in [6.45, 7) is 3.94. The van der Waals surface area contributed by atoms with Gasteiger partial charge in [-0.25, -0.2) is 9.97 Å². The van der Waals surface area contributed by atoms with Gasteiger partial charge in [-0.05, 0) is 43.7 Å². The fourth-order valence-corrected chi connectivity index (χ4v) is 2.63. The van der Waals surface area contributed by atoms with E-state index in [1.165, 1.54) is 0 Å². The molecule has 20 heavy (non-hydrogen) atoms. The monoisotopic (exact) mass is 305 g/mol. The van der Waals surface area contributed by atoms with Crippen molar-refractivity contribution in [2.45, 2.75) is 19.7 Å². The molecule has 3 rings (SSSR count). The Labute approximate surface area is 127 Å². The minimum absolute atomic E-state index is 0.321. The number of hydrogen-bond donors (Lipinski definition) is 0. The third-order valence-electron chi connectivity index (χ3n) is 3.31. The van der Waals surface area contributed by atoms with Gasteiger partial charge in [0, 0.05) is 10.7 Å². The number of imidazole rings is 1. The van der Waals surface area contributed by atoms with Crippen molar-refractivity contribution < 1.29 is 0 Å². The zero-order chi connectivity index (χ0) is 14.3. The van der Waals surface area contributed by atoms with E-state index in [-0.39, 0.29) is 0 Å². The van der Waals surface area contributed by atoms with Gasteiger partial charge < -0.3 is 0 Å². The molecule has 0 amide bonds. The van der Waals surface area contributed by atoms with E-state index in [1.54, 1.807) is 0 Å². The van der Waals surface area contributed by atoms with Crippen molar-refractivity contribution in [3.8, 4) is 5.69 Å². The fourth-order valence-electron chi connectivity index (χ4n) is 2.28. The van der Waals surface area contributed by atoms with Crippen LogP contribution in [0.4, 0.5) is 0 Å². The fraction of sp³-hybridized carbons (Fsp3) is 0.200. The minimum atomic E-state index is 0.321. The number of pyridine rings is 1. The number of benzene rings is 1. The van der Waals surface area contributed by atoms with Crippen LogP contribution in [-0.4, -0.2) is 14.5 Å². The number of nitrogens with zero attached hydrogens (tertiary/aromatic N) is 3. The van der Waals surface area contributed by atoms with Crippen molar-refractivity contribution in [3.63, 3.8) is 0 Å². The van der Waals surface area contributed by atoms with Crippen molar-refractivity contribution >= 4 is 34.4 Å². The van der Waals surface area contributed by atoms with E-state index in [0.29, 0.717) is 5.88 Å². The van der Waals surface area contributed by atoms with E-state index in [2.05, 4.69) is 9.97 Å². The highest BCUT2D eigenvalue weighted by atomic mass is 35.5. The van der Waals surface area contributed by atoms with E-state index in [1.807, 2.05) is 48.7 Å². The molecule has 0 radical (unpaired) electrons. The molecule has 0 fully saturated rings. The molecule has 2 heterocycles. The molecular weight excluding hydrogens is 293 g/mol. The summed E-state index contributed by atoms with van der Waals surface area (Å²) < 4.78 is 1.98. The van der Waals surface area contributed by atoms with Gasteiger partial charge in [-0.1, -0.05) is 17.7 Å². The van der Waals surface area contributed by atoms with Crippen LogP contribution in [0.15, 0.2) is 30.3 Å². The van der Waals surface area contributed by atoms with Crippen LogP contribution in [0, 0.1) is 13.8 Å². The van der Waals surface area contributed by atoms with Crippen LogP contribution in [0.2, 0.25) is 5.02 Å². The molecule has 0 N–H and O–H groups in total. The Kier molecular flexibility index (Phi) is 3.40. The minimum Gasteiger partial charge on any atom is -0.279 e. The van der Waals surface area contributed by atoms with Crippen molar-refractivity contribution in [2.24, 2.45) is 0 Å². The highest BCUT2D eigenvalue weighted by Crippen LogP contribution is 2.27. The molecule has 5 heteroatoms. The molecule has 3 aromatic rings. The quantitative estimate of drug-likeness (QED) is 0.656. The highest BCUT2D eigenvalue weighted by Gasteiger charge is 2.15. The number of alkyl halides is 1. The predicted molar refractivity (Wildman–Crippen MR) is 82.9 cm³/mol. The van der Waals surface area contributed by atoms with Gasteiger partial charge in [0.15, 0.2) is 5.65 Å². The number of fused-ring (bicyclic) bond motifs is 1. The van der Waals surface area contributed by atoms with Gasteiger partial charge in [0.1, 0.15) is 11.3 Å². The van der Waals surface area contributed by atoms with Crippen molar-refractivity contribution in [1.82, 2.24) is 14.5 Å². The largest absolute Gasteiger partial charge is 0.279 e. The van der Waals surface area contributed by atoms with Crippen LogP contribution in [0.25, 0.3) is 16.9 Å². The Morgan fingerprint density at radius 3 is 2.65 bits per heavy atom. The van der Waals surface area contributed by atoms with Gasteiger partial charge in [-0.15, -0.1) is 11.6 Å². The first-order valence-corrected chi connectivity index (χ1v) is 7.19. The van der Waals surface area contributed by atoms with Crippen LogP contribution in [-0.2, 0) is 5.88 Å². The maximum Gasteiger partial charge on any atom is 0.164 e. The Bertz CT molecular complexity index is 793. The zero-order valence-corrected chi connectivity index (χ0v) is 12.7. The Morgan fingerprint density at radius 2 is 1.90 bits per heavy atom. The van der Waals surface area contributed by atoms with Crippen LogP contribution in [0.1, 0.15) is 17.1 Å². The van der Waals surface area contributed by atoms with E-state index in [4.69, 9.17) is 23.2 Å². The standard InChI is InChI=1S/C15H13Cl2N3/c1-9-6-7-12-15(18-9)20(14(8-16)19-12)13-5-3-4-11(17)10(13)2/h3-7H,8H2,1-2H3. The molecule has 0 aliphatic heterocycles. The molecule has 0 unspecified atom stereocenters. The molecule has 2 aromatic heterocycles. The van der Waals surface area contributed by atoms with Crippen molar-refractivity contribution in [1.29, 1.82) is 0 Å². The lowest BCUT2D eigenvalue weighted by molar-refractivity contribution is 0.957. The number of aromatic nitrogens is 3. The third-order valence-corrected chi connectivity index (χ3v) is 3.96. The van der Waals surface area contributed by atoms with Gasteiger partial charge in [0.05, 0.1) is 11.6 Å². The van der Waals surface area contributed by atoms with E-state index in [0.717, 1.165) is 39.0 Å². The summed E-state index contributed by atoms with van der Waals surface area (Å²) in [7, 11) is 0. The molecule has 0 atom stereocenters. The van der Waals surface area contributed by atoms with Crippen LogP contribution in [0.5, 0.6) is 0 Å². The summed E-state index contributed by atoms with van der Waals surface area (Å²) >= 11 is 12.3. The molecule has 102 valence electrons. The molecule has 0 aliphatic rings. The second-order valence-electron chi connectivity index (χ2n) is 4.68. The molecule has 0 aliphatic carbocycles. The molecule has 0 bridgehead atoms. The van der Waals surface area contributed by atoms with Crippen molar-refractivity contribution in [2.75, 3.05) is 0 Å². The second-order valence-corrected chi connectivity index (χ2v) is 5.35. The van der Waals surface area contributed by atoms with Crippen LogP contribution in [0.3, 0.4) is 0 Å². The molecule has 0 spiro atoms. The first kappa shape index (κ1) is 13.4. The summed E-state index contributed by atoms with van der Waals surface area (Å²) in [4.78, 5) is 9.13. The number of rotatable bonds is 2. The lowest BCUT2D eigenvalue weighted by Crippen LogP contribution is -2.03. The Morgan fingerprint density at radius 1 is 1.10 bits per heavy atom. The Hall–Kier alpha value is -1.58. The normalized spacial score (nSPS) is 11.2. The maximum atomic E-state index is 6.22. The Balaban J connectivity index is 2.39. The molecule has 1 aromatic carbocycles. The van der Waals surface area contributed by atoms with Gasteiger partial charge in [-0.2, -0.15) is 0 Å². The number of hydrogen-bond acceptors (Lipinski definition) is 2. The number of halogens is 2. The zero-order valence-electron chi connectivity index (χ0n) is 11.2. The molecular formula is C15H13Cl2N3. The summed E-state index contributed by atoms with van der Waals surface area (Å²) in [6, 6.07) is 9.71. The lowest BCUT2D eigenvalue weighted by Gasteiger charge is -2.11. The number of aryl methyl sites for hydroxylation is 1. The summed E-state index contributed by atoms with van der Waals surface area (Å²) in [6.07, 6.45) is 0. The lowest BCUT2D eigenvalue weighted by atomic mass is 10.2. The summed E-state index contributed by atoms with van der Waals surface area (Å²) in [5.74, 6) is 1.09. The highest BCUT2D eigenvalue weighted by molar-refractivity contribution is 6.31. The molecule has 3 nitrogen and oxygen atoms in total. The molecule has 0 saturated carbocycles. The smallest absolute Gasteiger partial charge is 0.164 e. The first-order valence-electron chi connectivity index (χ1n) is 6.28. The van der Waals surface area contributed by atoms with E-state index < -0.39 is 0 Å². The van der Waals surface area contributed by atoms with E-state index >= 15 is 0 Å². The van der Waals surface area contributed by atoms with E-state index in [9.17, 15) is 0 Å². The summed E-state index contributed by atoms with van der Waals surface area (Å²) in [5, 5.41) is 0.720. The summed E-state index contributed by atoms with van der Waals surface area (Å²) in [5.41, 5.74) is 4.55. The average molecular weight is 306 g/mol. The van der Waals surface area contributed by atoms with Gasteiger partial charge in [0.25, 0.3) is 0 Å². The average Bonchev–Trinajstić information content (AvgIpc) is 2.79. The first-order chi connectivity index (χ1) is 9.61.